The first-order valence-electron chi connectivity index (χ1n) is 13.0. The van der Waals surface area contributed by atoms with E-state index in [0.717, 1.165) is 11.1 Å². The predicted molar refractivity (Wildman–Crippen MR) is 160 cm³/mol. The maximum atomic E-state index is 13.6. The number of hydrogen-bond donors (Lipinski definition) is 3. The summed E-state index contributed by atoms with van der Waals surface area (Å²) >= 11 is 0. The third-order valence-corrected chi connectivity index (χ3v) is 7.83. The molecule has 4 aromatic rings. The van der Waals surface area contributed by atoms with Crippen LogP contribution in [0.4, 0.5) is 5.69 Å². The van der Waals surface area contributed by atoms with Gasteiger partial charge in [-0.3, -0.25) is 9.59 Å². The van der Waals surface area contributed by atoms with Crippen LogP contribution in [0, 0.1) is 0 Å². The highest BCUT2D eigenvalue weighted by molar-refractivity contribution is 7.89. The maximum Gasteiger partial charge on any atom is 0.247 e. The molecule has 0 heterocycles. The summed E-state index contributed by atoms with van der Waals surface area (Å²) in [7, 11) is -3.82. The second kappa shape index (κ2) is 12.3. The SMILES string of the molecule is CC(C)(C)NS(=O)(=O)c1cccc2c(NC(=O)C(Cc3ccccc3)NC(=O)/C=C/c3ccccc3)cccc12. The van der Waals surface area contributed by atoms with Crippen molar-refractivity contribution in [3.05, 3.63) is 114 Å². The van der Waals surface area contributed by atoms with Gasteiger partial charge in [-0.15, -0.1) is 0 Å². The number of hydrogen-bond acceptors (Lipinski definition) is 4. The van der Waals surface area contributed by atoms with E-state index in [2.05, 4.69) is 15.4 Å². The van der Waals surface area contributed by atoms with Gasteiger partial charge in [-0.1, -0.05) is 84.9 Å². The number of rotatable bonds is 9. The highest BCUT2D eigenvalue weighted by Crippen LogP contribution is 2.29. The number of carbonyl (C=O) groups excluding carboxylic acids is 2. The van der Waals surface area contributed by atoms with E-state index in [-0.39, 0.29) is 11.3 Å². The minimum atomic E-state index is -3.82. The fourth-order valence-electron chi connectivity index (χ4n) is 4.32. The van der Waals surface area contributed by atoms with Crippen LogP contribution in [0.1, 0.15) is 31.9 Å². The largest absolute Gasteiger partial charge is 0.340 e. The summed E-state index contributed by atoms with van der Waals surface area (Å²) in [5.41, 5.74) is 1.53. The van der Waals surface area contributed by atoms with Gasteiger partial charge in [-0.05, 0) is 50.1 Å². The predicted octanol–water partition coefficient (Wildman–Crippen LogP) is 5.30. The Balaban J connectivity index is 1.61. The number of benzene rings is 4. The molecular weight excluding hydrogens is 522 g/mol. The molecule has 0 radical (unpaired) electrons. The van der Waals surface area contributed by atoms with Gasteiger partial charge in [0.1, 0.15) is 6.04 Å². The average molecular weight is 556 g/mol. The first kappa shape index (κ1) is 28.7. The van der Waals surface area contributed by atoms with Crippen LogP contribution in [0.15, 0.2) is 108 Å². The van der Waals surface area contributed by atoms with E-state index in [9.17, 15) is 18.0 Å². The molecule has 0 spiro atoms. The molecule has 0 aliphatic heterocycles. The van der Waals surface area contributed by atoms with Gasteiger partial charge in [0.2, 0.25) is 21.8 Å². The van der Waals surface area contributed by atoms with Gasteiger partial charge in [-0.25, -0.2) is 13.1 Å². The molecule has 40 heavy (non-hydrogen) atoms. The van der Waals surface area contributed by atoms with Crippen LogP contribution < -0.4 is 15.4 Å². The van der Waals surface area contributed by atoms with Crippen molar-refractivity contribution in [2.24, 2.45) is 0 Å². The van der Waals surface area contributed by atoms with Crippen LogP contribution >= 0.6 is 0 Å². The van der Waals surface area contributed by atoms with Crippen molar-refractivity contribution in [3.63, 3.8) is 0 Å². The lowest BCUT2D eigenvalue weighted by Crippen LogP contribution is -2.44. The Kier molecular flexibility index (Phi) is 8.82. The van der Waals surface area contributed by atoms with Gasteiger partial charge >= 0.3 is 0 Å². The van der Waals surface area contributed by atoms with Crippen LogP contribution in [0.5, 0.6) is 0 Å². The van der Waals surface area contributed by atoms with Crippen molar-refractivity contribution in [2.45, 2.75) is 43.7 Å². The molecular formula is C32H33N3O4S. The first-order valence-corrected chi connectivity index (χ1v) is 14.4. The van der Waals surface area contributed by atoms with Gasteiger partial charge in [0.25, 0.3) is 0 Å². The molecule has 8 heteroatoms. The molecule has 7 nitrogen and oxygen atoms in total. The first-order chi connectivity index (χ1) is 19.0. The summed E-state index contributed by atoms with van der Waals surface area (Å²) in [5.74, 6) is -0.821. The van der Waals surface area contributed by atoms with Crippen molar-refractivity contribution in [3.8, 4) is 0 Å². The van der Waals surface area contributed by atoms with Crippen LogP contribution in [0.25, 0.3) is 16.8 Å². The number of amides is 2. The van der Waals surface area contributed by atoms with Crippen LogP contribution in [-0.2, 0) is 26.0 Å². The highest BCUT2D eigenvalue weighted by atomic mass is 32.2. The third kappa shape index (κ3) is 7.65. The van der Waals surface area contributed by atoms with E-state index in [1.807, 2.05) is 60.7 Å². The number of sulfonamides is 1. The Hall–Kier alpha value is -4.27. The molecule has 3 N–H and O–H groups in total. The number of anilines is 1. The average Bonchev–Trinajstić information content (AvgIpc) is 2.91. The molecule has 0 saturated heterocycles. The van der Waals surface area contributed by atoms with Crippen LogP contribution in [0.2, 0.25) is 0 Å². The van der Waals surface area contributed by atoms with Gasteiger partial charge in [0, 0.05) is 34.5 Å². The Bertz CT molecular complexity index is 1630. The van der Waals surface area contributed by atoms with E-state index in [0.29, 0.717) is 16.5 Å². The number of carbonyl (C=O) groups is 2. The van der Waals surface area contributed by atoms with Gasteiger partial charge in [-0.2, -0.15) is 0 Å². The molecule has 206 valence electrons. The van der Waals surface area contributed by atoms with Gasteiger partial charge in [0.15, 0.2) is 0 Å². The van der Waals surface area contributed by atoms with Crippen LogP contribution in [0.3, 0.4) is 0 Å². The van der Waals surface area contributed by atoms with E-state index in [4.69, 9.17) is 0 Å². The molecule has 4 aromatic carbocycles. The van der Waals surface area contributed by atoms with Crippen molar-refractivity contribution in [1.29, 1.82) is 0 Å². The monoisotopic (exact) mass is 555 g/mol. The molecule has 0 aromatic heterocycles. The van der Waals surface area contributed by atoms with Crippen molar-refractivity contribution in [1.82, 2.24) is 10.0 Å². The Morgan fingerprint density at radius 3 is 2.10 bits per heavy atom. The zero-order valence-electron chi connectivity index (χ0n) is 22.7. The zero-order chi connectivity index (χ0) is 28.8. The maximum absolute atomic E-state index is 13.6. The lowest BCUT2D eigenvalue weighted by Gasteiger charge is -2.22. The Labute approximate surface area is 235 Å². The molecule has 1 atom stereocenters. The zero-order valence-corrected chi connectivity index (χ0v) is 23.5. The molecule has 4 rings (SSSR count). The lowest BCUT2D eigenvalue weighted by molar-refractivity contribution is -0.123. The van der Waals surface area contributed by atoms with E-state index in [1.165, 1.54) is 6.08 Å². The summed E-state index contributed by atoms with van der Waals surface area (Å²) in [6, 6.07) is 28.0. The van der Waals surface area contributed by atoms with Gasteiger partial charge < -0.3 is 10.6 Å². The second-order valence-corrected chi connectivity index (χ2v) is 12.1. The highest BCUT2D eigenvalue weighted by Gasteiger charge is 2.25. The Morgan fingerprint density at radius 1 is 0.800 bits per heavy atom. The quantitative estimate of drug-likeness (QED) is 0.244. The summed E-state index contributed by atoms with van der Waals surface area (Å²) in [6.45, 7) is 5.33. The minimum absolute atomic E-state index is 0.121. The van der Waals surface area contributed by atoms with E-state index < -0.39 is 33.4 Å². The smallest absolute Gasteiger partial charge is 0.247 e. The minimum Gasteiger partial charge on any atom is -0.340 e. The van der Waals surface area contributed by atoms with Crippen LogP contribution in [-0.4, -0.2) is 31.8 Å². The number of fused-ring (bicyclic) bond motifs is 1. The van der Waals surface area contributed by atoms with Crippen molar-refractivity contribution < 1.29 is 18.0 Å². The molecule has 0 aliphatic rings. The molecule has 0 bridgehead atoms. The van der Waals surface area contributed by atoms with E-state index in [1.54, 1.807) is 63.2 Å². The fraction of sp³-hybridized carbons (Fsp3) is 0.188. The molecule has 0 aliphatic carbocycles. The summed E-state index contributed by atoms with van der Waals surface area (Å²) in [6.07, 6.45) is 3.36. The number of nitrogens with one attached hydrogen (secondary N) is 3. The topological polar surface area (TPSA) is 104 Å². The lowest BCUT2D eigenvalue weighted by atomic mass is 10.0. The summed E-state index contributed by atoms with van der Waals surface area (Å²) in [5, 5.41) is 6.79. The Morgan fingerprint density at radius 2 is 1.43 bits per heavy atom. The normalized spacial score (nSPS) is 12.8. The van der Waals surface area contributed by atoms with Crippen molar-refractivity contribution >= 4 is 44.4 Å². The molecule has 1 unspecified atom stereocenters. The molecule has 0 fully saturated rings. The standard InChI is InChI=1S/C32H33N3O4S/c1-32(2,3)35-40(38,39)29-19-11-16-25-26(29)17-10-18-27(25)34-31(37)28(22-24-14-8-5-9-15-24)33-30(36)21-20-23-12-6-4-7-13-23/h4-21,28,35H,22H2,1-3H3,(H,33,36)(H,34,37)/b21-20+. The van der Waals surface area contributed by atoms with Gasteiger partial charge in [0.05, 0.1) is 4.90 Å². The van der Waals surface area contributed by atoms with Crippen molar-refractivity contribution in [2.75, 3.05) is 5.32 Å². The third-order valence-electron chi connectivity index (χ3n) is 6.01. The molecule has 0 saturated carbocycles. The molecule has 2 amide bonds. The summed E-state index contributed by atoms with van der Waals surface area (Å²) in [4.78, 5) is 26.5. The summed E-state index contributed by atoms with van der Waals surface area (Å²) < 4.78 is 29.0. The fourth-order valence-corrected chi connectivity index (χ4v) is 5.96. The van der Waals surface area contributed by atoms with E-state index >= 15 is 0 Å². The second-order valence-electron chi connectivity index (χ2n) is 10.5.